The van der Waals surface area contributed by atoms with Crippen LogP contribution in [0.25, 0.3) is 22.2 Å². The van der Waals surface area contributed by atoms with Crippen molar-refractivity contribution in [2.75, 3.05) is 7.11 Å². The van der Waals surface area contributed by atoms with Gasteiger partial charge in [0.05, 0.1) is 7.11 Å². The summed E-state index contributed by atoms with van der Waals surface area (Å²) >= 11 is 0. The molecule has 0 aliphatic carbocycles. The van der Waals surface area contributed by atoms with Gasteiger partial charge in [0.25, 0.3) is 11.8 Å². The quantitative estimate of drug-likeness (QED) is 0.502. The third-order valence-corrected chi connectivity index (χ3v) is 4.85. The van der Waals surface area contributed by atoms with Crippen LogP contribution in [0.4, 0.5) is 0 Å². The molecule has 0 aliphatic rings. The lowest BCUT2D eigenvalue weighted by molar-refractivity contribution is -0.122. The Morgan fingerprint density at radius 1 is 0.867 bits per heavy atom. The van der Waals surface area contributed by atoms with Crippen LogP contribution in [0.5, 0.6) is 5.75 Å². The number of hydrogen-bond donors (Lipinski definition) is 2. The van der Waals surface area contributed by atoms with Crippen LogP contribution < -0.4 is 15.6 Å². The number of nitrogens with zero attached hydrogens (tertiary/aromatic N) is 1. The second kappa shape index (κ2) is 8.53. The van der Waals surface area contributed by atoms with Gasteiger partial charge in [0.15, 0.2) is 0 Å². The van der Waals surface area contributed by atoms with Crippen LogP contribution >= 0.6 is 0 Å². The van der Waals surface area contributed by atoms with E-state index in [0.717, 1.165) is 22.2 Å². The number of ether oxygens (including phenoxy) is 1. The Hall–Kier alpha value is -4.06. The zero-order chi connectivity index (χ0) is 20.9. The van der Waals surface area contributed by atoms with Crippen molar-refractivity contribution in [3.05, 3.63) is 90.5 Å². The van der Waals surface area contributed by atoms with Gasteiger partial charge in [-0.2, -0.15) is 0 Å². The van der Waals surface area contributed by atoms with Crippen molar-refractivity contribution in [1.29, 1.82) is 0 Å². The molecular weight excluding hydrogens is 378 g/mol. The van der Waals surface area contributed by atoms with E-state index in [9.17, 15) is 9.59 Å². The summed E-state index contributed by atoms with van der Waals surface area (Å²) in [5.41, 5.74) is 8.30. The maximum absolute atomic E-state index is 12.6. The number of benzene rings is 3. The number of rotatable bonds is 5. The van der Waals surface area contributed by atoms with E-state index >= 15 is 0 Å². The summed E-state index contributed by atoms with van der Waals surface area (Å²) in [6, 6.07) is 26.5. The van der Waals surface area contributed by atoms with Crippen LogP contribution in [-0.2, 0) is 11.3 Å². The lowest BCUT2D eigenvalue weighted by Gasteiger charge is -2.12. The SMILES string of the molecule is COc1ccc(C(=O)NNC(=O)Cn2c(-c3ccccc3)cc3ccccc32)cc1. The van der Waals surface area contributed by atoms with Gasteiger partial charge in [0.1, 0.15) is 12.3 Å². The second-order valence-electron chi connectivity index (χ2n) is 6.77. The summed E-state index contributed by atoms with van der Waals surface area (Å²) in [5, 5.41) is 1.05. The van der Waals surface area contributed by atoms with Crippen molar-refractivity contribution in [2.45, 2.75) is 6.54 Å². The van der Waals surface area contributed by atoms with Crippen LogP contribution in [0.1, 0.15) is 10.4 Å². The molecule has 1 heterocycles. The number of amides is 2. The Bertz CT molecular complexity index is 1180. The van der Waals surface area contributed by atoms with Crippen LogP contribution in [0.2, 0.25) is 0 Å². The highest BCUT2D eigenvalue weighted by molar-refractivity contribution is 5.96. The average molecular weight is 399 g/mol. The molecule has 0 unspecified atom stereocenters. The summed E-state index contributed by atoms with van der Waals surface area (Å²) in [5.74, 6) is -0.0643. The largest absolute Gasteiger partial charge is 0.497 e. The minimum absolute atomic E-state index is 0.0701. The molecule has 0 atom stereocenters. The van der Waals surface area contributed by atoms with Gasteiger partial charge in [0, 0.05) is 22.2 Å². The highest BCUT2D eigenvalue weighted by Crippen LogP contribution is 2.28. The minimum atomic E-state index is -0.397. The Kier molecular flexibility index (Phi) is 5.48. The topological polar surface area (TPSA) is 72.4 Å². The second-order valence-corrected chi connectivity index (χ2v) is 6.77. The van der Waals surface area contributed by atoms with Crippen molar-refractivity contribution in [2.24, 2.45) is 0 Å². The smallest absolute Gasteiger partial charge is 0.269 e. The number of hydrazine groups is 1. The van der Waals surface area contributed by atoms with Crippen molar-refractivity contribution >= 4 is 22.7 Å². The van der Waals surface area contributed by atoms with Gasteiger partial charge in [-0.25, -0.2) is 0 Å². The molecule has 1 aromatic heterocycles. The van der Waals surface area contributed by atoms with Gasteiger partial charge >= 0.3 is 0 Å². The van der Waals surface area contributed by atoms with Crippen LogP contribution in [0.15, 0.2) is 84.9 Å². The zero-order valence-electron chi connectivity index (χ0n) is 16.5. The molecule has 6 heteroatoms. The molecular formula is C24H21N3O3. The Balaban J connectivity index is 1.51. The molecule has 6 nitrogen and oxygen atoms in total. The Morgan fingerprint density at radius 3 is 2.30 bits per heavy atom. The summed E-state index contributed by atoms with van der Waals surface area (Å²) in [7, 11) is 1.56. The number of nitrogens with one attached hydrogen (secondary N) is 2. The van der Waals surface area contributed by atoms with Gasteiger partial charge in [0.2, 0.25) is 0 Å². The van der Waals surface area contributed by atoms with E-state index in [4.69, 9.17) is 4.74 Å². The minimum Gasteiger partial charge on any atom is -0.497 e. The molecule has 0 saturated carbocycles. The number of hydrogen-bond acceptors (Lipinski definition) is 3. The van der Waals surface area contributed by atoms with Crippen LogP contribution in [-0.4, -0.2) is 23.5 Å². The van der Waals surface area contributed by atoms with Crippen molar-refractivity contribution < 1.29 is 14.3 Å². The fraction of sp³-hybridized carbons (Fsp3) is 0.0833. The first-order valence-electron chi connectivity index (χ1n) is 9.52. The number of methoxy groups -OCH3 is 1. The molecule has 150 valence electrons. The third-order valence-electron chi connectivity index (χ3n) is 4.85. The molecule has 0 radical (unpaired) electrons. The molecule has 30 heavy (non-hydrogen) atoms. The van der Waals surface area contributed by atoms with Crippen LogP contribution in [0.3, 0.4) is 0 Å². The van der Waals surface area contributed by atoms with Crippen molar-refractivity contribution in [1.82, 2.24) is 15.4 Å². The summed E-state index contributed by atoms with van der Waals surface area (Å²) < 4.78 is 7.03. The molecule has 0 bridgehead atoms. The van der Waals surface area contributed by atoms with E-state index in [1.165, 1.54) is 0 Å². The third kappa shape index (κ3) is 4.03. The molecule has 4 aromatic rings. The molecule has 0 spiro atoms. The summed E-state index contributed by atoms with van der Waals surface area (Å²) in [6.45, 7) is 0.0701. The summed E-state index contributed by atoms with van der Waals surface area (Å²) in [6.07, 6.45) is 0. The van der Waals surface area contributed by atoms with E-state index in [1.54, 1.807) is 31.4 Å². The number of para-hydroxylation sites is 1. The Morgan fingerprint density at radius 2 is 1.57 bits per heavy atom. The first kappa shape index (κ1) is 19.3. The maximum atomic E-state index is 12.6. The van der Waals surface area contributed by atoms with Crippen molar-refractivity contribution in [3.63, 3.8) is 0 Å². The van der Waals surface area contributed by atoms with E-state index in [1.807, 2.05) is 59.2 Å². The van der Waals surface area contributed by atoms with E-state index < -0.39 is 5.91 Å². The number of aromatic nitrogens is 1. The van der Waals surface area contributed by atoms with Crippen LogP contribution in [0, 0.1) is 0 Å². The van der Waals surface area contributed by atoms with Gasteiger partial charge in [-0.05, 0) is 42.0 Å². The summed E-state index contributed by atoms with van der Waals surface area (Å²) in [4.78, 5) is 24.9. The maximum Gasteiger partial charge on any atom is 0.269 e. The lowest BCUT2D eigenvalue weighted by atomic mass is 10.1. The number of carbonyl (C=O) groups excluding carboxylic acids is 2. The fourth-order valence-corrected chi connectivity index (χ4v) is 3.35. The van der Waals surface area contributed by atoms with E-state index in [2.05, 4.69) is 16.9 Å². The highest BCUT2D eigenvalue weighted by atomic mass is 16.5. The molecule has 0 fully saturated rings. The van der Waals surface area contributed by atoms with E-state index in [-0.39, 0.29) is 12.5 Å². The average Bonchev–Trinajstić information content (AvgIpc) is 3.16. The number of carbonyl (C=O) groups is 2. The zero-order valence-corrected chi connectivity index (χ0v) is 16.5. The molecule has 2 amide bonds. The monoisotopic (exact) mass is 399 g/mol. The van der Waals surface area contributed by atoms with Gasteiger partial charge in [-0.1, -0.05) is 48.5 Å². The first-order valence-corrected chi connectivity index (χ1v) is 9.52. The lowest BCUT2D eigenvalue weighted by Crippen LogP contribution is -2.43. The Labute approximate surface area is 174 Å². The molecule has 0 aliphatic heterocycles. The molecule has 2 N–H and O–H groups in total. The fourth-order valence-electron chi connectivity index (χ4n) is 3.35. The predicted molar refractivity (Wildman–Crippen MR) is 116 cm³/mol. The van der Waals surface area contributed by atoms with Gasteiger partial charge in [-0.3, -0.25) is 20.4 Å². The van der Waals surface area contributed by atoms with Gasteiger partial charge < -0.3 is 9.30 Å². The predicted octanol–water partition coefficient (Wildman–Crippen LogP) is 3.78. The number of fused-ring (bicyclic) bond motifs is 1. The molecule has 0 saturated heterocycles. The van der Waals surface area contributed by atoms with E-state index in [0.29, 0.717) is 11.3 Å². The van der Waals surface area contributed by atoms with Gasteiger partial charge in [-0.15, -0.1) is 0 Å². The highest BCUT2D eigenvalue weighted by Gasteiger charge is 2.14. The molecule has 4 rings (SSSR count). The normalized spacial score (nSPS) is 10.6. The standard InChI is InChI=1S/C24H21N3O3/c1-30-20-13-11-18(12-14-20)24(29)26-25-23(28)16-27-21-10-6-5-9-19(21)15-22(27)17-7-3-2-4-8-17/h2-15H,16H2,1H3,(H,25,28)(H,26,29). The molecule has 3 aromatic carbocycles. The van der Waals surface area contributed by atoms with Crippen molar-refractivity contribution in [3.8, 4) is 17.0 Å². The first-order chi connectivity index (χ1) is 14.7.